The van der Waals surface area contributed by atoms with Crippen LogP contribution in [0.15, 0.2) is 69.9 Å². The third-order valence-corrected chi connectivity index (χ3v) is 9.06. The van der Waals surface area contributed by atoms with E-state index in [1.807, 2.05) is 0 Å². The Kier molecular flexibility index (Phi) is 10.5. The average molecular weight is 725 g/mol. The molecule has 0 radical (unpaired) electrons. The van der Waals surface area contributed by atoms with Crippen molar-refractivity contribution in [1.82, 2.24) is 0 Å². The highest BCUT2D eigenvalue weighted by molar-refractivity contribution is 5.92. The topological polar surface area (TPSA) is 266 Å². The van der Waals surface area contributed by atoms with Crippen LogP contribution in [-0.4, -0.2) is 115 Å². The van der Waals surface area contributed by atoms with E-state index < -0.39 is 113 Å². The van der Waals surface area contributed by atoms with Crippen LogP contribution in [0.4, 0.5) is 0 Å². The minimum absolute atomic E-state index is 0.0190. The molecule has 52 heavy (non-hydrogen) atoms. The van der Waals surface area contributed by atoms with Gasteiger partial charge in [-0.05, 0) is 23.8 Å². The number of hydrogen-bond donors (Lipinski definition) is 9. The minimum atomic E-state index is -2.01. The molecule has 3 heterocycles. The Morgan fingerprint density at radius 3 is 2.31 bits per heavy atom. The minimum Gasteiger partial charge on any atom is -0.507 e. The summed E-state index contributed by atoms with van der Waals surface area (Å²) in [6.07, 6.45) is -14.0. The number of esters is 1. The maximum absolute atomic E-state index is 13.8. The van der Waals surface area contributed by atoms with Gasteiger partial charge in [-0.15, -0.1) is 0 Å². The Hall–Kier alpha value is -5.04. The highest BCUT2D eigenvalue weighted by Gasteiger charge is 2.50. The summed E-state index contributed by atoms with van der Waals surface area (Å²) in [6.45, 7) is -1.43. The Morgan fingerprint density at radius 2 is 1.62 bits per heavy atom. The molecule has 9 N–H and O–H groups in total. The average Bonchev–Trinajstić information content (AvgIpc) is 3.13. The lowest BCUT2D eigenvalue weighted by Crippen LogP contribution is -2.56. The lowest BCUT2D eigenvalue weighted by atomic mass is 9.85. The molecule has 2 saturated heterocycles. The fourth-order valence-electron chi connectivity index (χ4n) is 6.34. The molecule has 2 aliphatic heterocycles. The van der Waals surface area contributed by atoms with Crippen LogP contribution in [0.3, 0.4) is 0 Å². The van der Waals surface area contributed by atoms with Gasteiger partial charge in [0.15, 0.2) is 28.6 Å². The Bertz CT molecular complexity index is 2030. The van der Waals surface area contributed by atoms with Gasteiger partial charge in [0.2, 0.25) is 0 Å². The number of hydrogen-bond acceptors (Lipinski definition) is 16. The molecule has 1 aromatic heterocycles. The highest BCUT2D eigenvalue weighted by Crippen LogP contribution is 2.51. The third-order valence-electron chi connectivity index (χ3n) is 9.06. The number of aliphatic hydroxyl groups is 6. The van der Waals surface area contributed by atoms with E-state index in [1.165, 1.54) is 31.4 Å². The van der Waals surface area contributed by atoms with Gasteiger partial charge in [0.1, 0.15) is 71.5 Å². The van der Waals surface area contributed by atoms with Gasteiger partial charge >= 0.3 is 5.97 Å². The van der Waals surface area contributed by atoms with E-state index >= 15 is 0 Å². The summed E-state index contributed by atoms with van der Waals surface area (Å²) in [5, 5.41) is 96.6. The van der Waals surface area contributed by atoms with E-state index in [2.05, 4.69) is 0 Å². The molecule has 9 atom stereocenters. The third kappa shape index (κ3) is 6.69. The van der Waals surface area contributed by atoms with Crippen LogP contribution in [0.1, 0.15) is 28.9 Å². The van der Waals surface area contributed by atoms with Gasteiger partial charge < -0.3 is 69.3 Å². The SMILES string of the molecule is COc1cc(/C=C/C(=O)O[C@@H]2[C@@H](O)[C@H](O)[C@@H](CO)O[C@H]2c2c(O)c([C@H]3OC[C@H](O)[C@H](O)[C@H]3O)c3oc(-c4ccccc4)cc(=O)c3c2O)ccc1O. The molecule has 0 amide bonds. The van der Waals surface area contributed by atoms with Crippen molar-refractivity contribution in [3.63, 3.8) is 0 Å². The van der Waals surface area contributed by atoms with Crippen LogP contribution < -0.4 is 10.2 Å². The predicted octanol–water partition coefficient (Wildman–Crippen LogP) is 0.519. The Morgan fingerprint density at radius 1 is 0.885 bits per heavy atom. The van der Waals surface area contributed by atoms with E-state index in [-0.39, 0.29) is 17.3 Å². The monoisotopic (exact) mass is 724 g/mol. The lowest BCUT2D eigenvalue weighted by Gasteiger charge is -2.42. The quantitative estimate of drug-likeness (QED) is 0.0886. The number of phenolic OH excluding ortho intramolecular Hbond substituents is 3. The number of aliphatic hydroxyl groups excluding tert-OH is 6. The van der Waals surface area contributed by atoms with Crippen LogP contribution in [-0.2, 0) is 19.0 Å². The first-order valence-corrected chi connectivity index (χ1v) is 16.0. The first kappa shape index (κ1) is 36.7. The van der Waals surface area contributed by atoms with Crippen LogP contribution in [0.25, 0.3) is 28.4 Å². The van der Waals surface area contributed by atoms with Crippen LogP contribution in [0.2, 0.25) is 0 Å². The molecule has 4 aromatic rings. The van der Waals surface area contributed by atoms with Crippen molar-refractivity contribution in [3.8, 4) is 34.3 Å². The molecular formula is C36H36O16. The van der Waals surface area contributed by atoms with Crippen molar-refractivity contribution in [2.24, 2.45) is 0 Å². The van der Waals surface area contributed by atoms with E-state index in [1.54, 1.807) is 30.3 Å². The number of methoxy groups -OCH3 is 1. The molecule has 0 spiro atoms. The molecule has 276 valence electrons. The molecule has 3 aromatic carbocycles. The summed E-state index contributed by atoms with van der Waals surface area (Å²) in [5.41, 5.74) is -1.70. The standard InChI is InChI=1S/C36H36O16/c1-48-21-11-15(7-9-17(21)38)8-10-23(41)52-36-32(47)28(43)22(13-37)51-35(36)25-29(44)24-18(39)12-20(16-5-3-2-4-6-16)50-33(24)26(30(25)45)34-31(46)27(42)19(40)14-49-34/h2-12,19,22,27-28,31-32,34-38,40,42-47H,13-14H2,1H3/b10-8+/t19-,22+,27-,28+,31+,32-,34+,35-,36+/m0/s1. The first-order valence-electron chi connectivity index (χ1n) is 16.0. The number of aromatic hydroxyl groups is 3. The zero-order chi connectivity index (χ0) is 37.4. The lowest BCUT2D eigenvalue weighted by molar-refractivity contribution is -0.240. The second-order valence-corrected chi connectivity index (χ2v) is 12.3. The summed E-state index contributed by atoms with van der Waals surface area (Å²) in [6, 6.07) is 13.5. The van der Waals surface area contributed by atoms with Gasteiger partial charge in [0.05, 0.1) is 31.5 Å². The summed E-state index contributed by atoms with van der Waals surface area (Å²) >= 11 is 0. The molecule has 0 saturated carbocycles. The smallest absolute Gasteiger partial charge is 0.331 e. The summed E-state index contributed by atoms with van der Waals surface area (Å²) in [5.74, 6) is -3.10. The Labute approximate surface area is 294 Å². The van der Waals surface area contributed by atoms with Crippen molar-refractivity contribution in [3.05, 3.63) is 87.6 Å². The van der Waals surface area contributed by atoms with Crippen molar-refractivity contribution in [2.45, 2.75) is 54.9 Å². The number of carbonyl (C=O) groups is 1. The van der Waals surface area contributed by atoms with Gasteiger partial charge in [0.25, 0.3) is 0 Å². The second kappa shape index (κ2) is 14.9. The van der Waals surface area contributed by atoms with E-state index in [0.29, 0.717) is 11.1 Å². The van der Waals surface area contributed by atoms with Crippen LogP contribution in [0, 0.1) is 0 Å². The van der Waals surface area contributed by atoms with Gasteiger partial charge in [-0.1, -0.05) is 36.4 Å². The summed E-state index contributed by atoms with van der Waals surface area (Å²) in [4.78, 5) is 26.9. The van der Waals surface area contributed by atoms with Crippen LogP contribution in [0.5, 0.6) is 23.0 Å². The van der Waals surface area contributed by atoms with Crippen molar-refractivity contribution < 1.29 is 74.1 Å². The predicted molar refractivity (Wildman–Crippen MR) is 178 cm³/mol. The number of phenols is 3. The second-order valence-electron chi connectivity index (χ2n) is 12.3. The molecule has 0 aliphatic carbocycles. The number of fused-ring (bicyclic) bond motifs is 1. The molecule has 0 unspecified atom stereocenters. The number of benzene rings is 3. The molecule has 2 aliphatic rings. The molecule has 16 heteroatoms. The molecular weight excluding hydrogens is 688 g/mol. The van der Waals surface area contributed by atoms with Crippen molar-refractivity contribution >= 4 is 23.0 Å². The van der Waals surface area contributed by atoms with E-state index in [4.69, 9.17) is 23.4 Å². The molecule has 0 bridgehead atoms. The molecule has 6 rings (SSSR count). The number of carbonyl (C=O) groups excluding carboxylic acids is 1. The van der Waals surface area contributed by atoms with E-state index in [0.717, 1.165) is 12.1 Å². The zero-order valence-corrected chi connectivity index (χ0v) is 27.3. The Balaban J connectivity index is 1.51. The maximum Gasteiger partial charge on any atom is 0.331 e. The largest absolute Gasteiger partial charge is 0.507 e. The fourth-order valence-corrected chi connectivity index (χ4v) is 6.34. The highest BCUT2D eigenvalue weighted by atomic mass is 16.6. The van der Waals surface area contributed by atoms with Gasteiger partial charge in [-0.25, -0.2) is 4.79 Å². The maximum atomic E-state index is 13.8. The van der Waals surface area contributed by atoms with Crippen molar-refractivity contribution in [2.75, 3.05) is 20.3 Å². The zero-order valence-electron chi connectivity index (χ0n) is 27.3. The van der Waals surface area contributed by atoms with E-state index in [9.17, 15) is 55.5 Å². The van der Waals surface area contributed by atoms with Gasteiger partial charge in [-0.2, -0.15) is 0 Å². The summed E-state index contributed by atoms with van der Waals surface area (Å²) < 4.78 is 28.1. The number of ether oxygens (including phenoxy) is 4. The van der Waals surface area contributed by atoms with Crippen molar-refractivity contribution in [1.29, 1.82) is 0 Å². The number of rotatable bonds is 8. The first-order chi connectivity index (χ1) is 24.9. The summed E-state index contributed by atoms with van der Waals surface area (Å²) in [7, 11) is 1.33. The molecule has 16 nitrogen and oxygen atoms in total. The van der Waals surface area contributed by atoms with Crippen LogP contribution >= 0.6 is 0 Å². The van der Waals surface area contributed by atoms with Gasteiger partial charge in [0, 0.05) is 17.7 Å². The normalized spacial score (nSPS) is 27.9. The van der Waals surface area contributed by atoms with Gasteiger partial charge in [-0.3, -0.25) is 4.79 Å². The fraction of sp³-hybridized carbons (Fsp3) is 0.333. The molecule has 2 fully saturated rings.